The van der Waals surface area contributed by atoms with Crippen molar-refractivity contribution in [1.82, 2.24) is 10.3 Å². The van der Waals surface area contributed by atoms with Crippen LogP contribution in [0.15, 0.2) is 24.4 Å². The molecule has 1 atom stereocenters. The summed E-state index contributed by atoms with van der Waals surface area (Å²) >= 11 is 0. The van der Waals surface area contributed by atoms with Crippen molar-refractivity contribution in [1.29, 1.82) is 0 Å². The number of fused-ring (bicyclic) bond motifs is 1. The molecule has 0 aliphatic heterocycles. The van der Waals surface area contributed by atoms with Crippen molar-refractivity contribution in [3.05, 3.63) is 35.5 Å². The van der Waals surface area contributed by atoms with Gasteiger partial charge in [0.15, 0.2) is 0 Å². The molecule has 5 heteroatoms. The Kier molecular flexibility index (Phi) is 4.37. The summed E-state index contributed by atoms with van der Waals surface area (Å²) in [5.41, 5.74) is 3.18. The van der Waals surface area contributed by atoms with Crippen LogP contribution in [0, 0.1) is 5.92 Å². The summed E-state index contributed by atoms with van der Waals surface area (Å²) in [5, 5.41) is 12.9. The van der Waals surface area contributed by atoms with Gasteiger partial charge in [-0.25, -0.2) is 4.79 Å². The van der Waals surface area contributed by atoms with Gasteiger partial charge in [0.05, 0.1) is 6.42 Å². The number of nitrogens with one attached hydrogen (secondary N) is 2. The molecule has 0 saturated heterocycles. The quantitative estimate of drug-likeness (QED) is 0.735. The normalized spacial score (nSPS) is 15.5. The number of rotatable bonds is 7. The minimum Gasteiger partial charge on any atom is -0.480 e. The first-order valence-electron chi connectivity index (χ1n) is 8.18. The number of aliphatic carboxylic acids is 1. The maximum absolute atomic E-state index is 12.2. The molecule has 3 rings (SSSR count). The van der Waals surface area contributed by atoms with Crippen LogP contribution in [-0.4, -0.2) is 28.0 Å². The number of aromatic nitrogens is 1. The third kappa shape index (κ3) is 3.55. The van der Waals surface area contributed by atoms with Gasteiger partial charge in [-0.15, -0.1) is 0 Å². The second kappa shape index (κ2) is 6.44. The summed E-state index contributed by atoms with van der Waals surface area (Å²) in [6.07, 6.45) is 5.65. The lowest BCUT2D eigenvalue weighted by atomic mass is 10.0. The molecule has 1 aliphatic rings. The molecule has 1 heterocycles. The fraction of sp³-hybridized carbons (Fsp3) is 0.444. The molecule has 1 aromatic carbocycles. The highest BCUT2D eigenvalue weighted by atomic mass is 16.4. The van der Waals surface area contributed by atoms with E-state index in [0.717, 1.165) is 35.7 Å². The largest absolute Gasteiger partial charge is 0.480 e. The summed E-state index contributed by atoms with van der Waals surface area (Å²) < 4.78 is 0. The number of aryl methyl sites for hydroxylation is 1. The summed E-state index contributed by atoms with van der Waals surface area (Å²) in [4.78, 5) is 26.7. The zero-order valence-electron chi connectivity index (χ0n) is 13.3. The van der Waals surface area contributed by atoms with Crippen LogP contribution in [-0.2, 0) is 22.4 Å². The van der Waals surface area contributed by atoms with E-state index in [2.05, 4.69) is 23.3 Å². The minimum absolute atomic E-state index is 0.196. The molecule has 5 nitrogen and oxygen atoms in total. The molecule has 0 radical (unpaired) electrons. The predicted molar refractivity (Wildman–Crippen MR) is 88.3 cm³/mol. The number of hydrogen-bond acceptors (Lipinski definition) is 2. The molecule has 1 unspecified atom stereocenters. The van der Waals surface area contributed by atoms with E-state index in [1.807, 2.05) is 18.3 Å². The molecule has 1 fully saturated rings. The molecule has 1 aromatic heterocycles. The monoisotopic (exact) mass is 314 g/mol. The van der Waals surface area contributed by atoms with Gasteiger partial charge in [0.1, 0.15) is 6.04 Å². The molecule has 0 bridgehead atoms. The van der Waals surface area contributed by atoms with E-state index in [4.69, 9.17) is 0 Å². The smallest absolute Gasteiger partial charge is 0.326 e. The maximum Gasteiger partial charge on any atom is 0.326 e. The van der Waals surface area contributed by atoms with Gasteiger partial charge in [-0.3, -0.25) is 4.79 Å². The zero-order valence-corrected chi connectivity index (χ0v) is 13.3. The molecular formula is C18H22N2O3. The highest BCUT2D eigenvalue weighted by Gasteiger charge is 2.30. The van der Waals surface area contributed by atoms with Crippen molar-refractivity contribution >= 4 is 22.8 Å². The first kappa shape index (κ1) is 15.6. The fourth-order valence-corrected chi connectivity index (χ4v) is 3.04. The number of aromatic amines is 1. The van der Waals surface area contributed by atoms with Crippen molar-refractivity contribution in [3.8, 4) is 0 Å². The number of para-hydroxylation sites is 1. The van der Waals surface area contributed by atoms with Crippen molar-refractivity contribution < 1.29 is 14.7 Å². The number of carbonyl (C=O) groups is 2. The number of amides is 1. The van der Waals surface area contributed by atoms with Crippen LogP contribution in [0.1, 0.15) is 37.3 Å². The number of carboxylic acids is 1. The van der Waals surface area contributed by atoms with Crippen molar-refractivity contribution in [2.24, 2.45) is 5.92 Å². The Hall–Kier alpha value is -2.30. The van der Waals surface area contributed by atoms with Gasteiger partial charge in [0.2, 0.25) is 5.91 Å². The standard InChI is InChI=1S/C18H22N2O3/c1-2-12-4-3-5-14-13(10-19-17(12)14)9-16(21)20-15(18(22)23)8-11-6-7-11/h3-5,10-11,15,19H,2,6-9H2,1H3,(H,20,21)(H,22,23). The highest BCUT2D eigenvalue weighted by Crippen LogP contribution is 2.33. The third-order valence-electron chi connectivity index (χ3n) is 4.52. The van der Waals surface area contributed by atoms with Gasteiger partial charge in [-0.2, -0.15) is 0 Å². The molecule has 2 aromatic rings. The van der Waals surface area contributed by atoms with Gasteiger partial charge in [-0.05, 0) is 29.9 Å². The first-order chi connectivity index (χ1) is 11.1. The lowest BCUT2D eigenvalue weighted by molar-refractivity contribution is -0.142. The van der Waals surface area contributed by atoms with Crippen LogP contribution in [0.3, 0.4) is 0 Å². The Morgan fingerprint density at radius 3 is 2.78 bits per heavy atom. The third-order valence-corrected chi connectivity index (χ3v) is 4.52. The van der Waals surface area contributed by atoms with Gasteiger partial charge >= 0.3 is 5.97 Å². The predicted octanol–water partition coefficient (Wildman–Crippen LogP) is 2.64. The van der Waals surface area contributed by atoms with Crippen LogP contribution in [0.5, 0.6) is 0 Å². The number of benzene rings is 1. The summed E-state index contributed by atoms with van der Waals surface area (Å²) in [5.74, 6) is -0.727. The Balaban J connectivity index is 1.71. The first-order valence-corrected chi connectivity index (χ1v) is 8.18. The number of carboxylic acid groups (broad SMARTS) is 1. The van der Waals surface area contributed by atoms with E-state index < -0.39 is 12.0 Å². The molecule has 1 aliphatic carbocycles. The summed E-state index contributed by atoms with van der Waals surface area (Å²) in [7, 11) is 0. The van der Waals surface area contributed by atoms with Crippen LogP contribution in [0.4, 0.5) is 0 Å². The lowest BCUT2D eigenvalue weighted by Gasteiger charge is -2.13. The van der Waals surface area contributed by atoms with E-state index in [-0.39, 0.29) is 12.3 Å². The molecule has 0 spiro atoms. The molecule has 1 amide bonds. The minimum atomic E-state index is -0.947. The summed E-state index contributed by atoms with van der Waals surface area (Å²) in [6.45, 7) is 2.09. The Morgan fingerprint density at radius 2 is 2.13 bits per heavy atom. The molecule has 1 saturated carbocycles. The Morgan fingerprint density at radius 1 is 1.35 bits per heavy atom. The van der Waals surface area contributed by atoms with E-state index in [9.17, 15) is 14.7 Å². The van der Waals surface area contributed by atoms with Crippen LogP contribution in [0.2, 0.25) is 0 Å². The maximum atomic E-state index is 12.2. The summed E-state index contributed by atoms with van der Waals surface area (Å²) in [6, 6.07) is 5.28. The molecule has 23 heavy (non-hydrogen) atoms. The molecule has 3 N–H and O–H groups in total. The number of carbonyl (C=O) groups excluding carboxylic acids is 1. The Bertz CT molecular complexity index is 731. The molecule has 122 valence electrons. The topological polar surface area (TPSA) is 82.2 Å². The van der Waals surface area contributed by atoms with Crippen molar-refractivity contribution in [2.75, 3.05) is 0 Å². The van der Waals surface area contributed by atoms with Crippen molar-refractivity contribution in [2.45, 2.75) is 45.1 Å². The average molecular weight is 314 g/mol. The molecular weight excluding hydrogens is 292 g/mol. The zero-order chi connectivity index (χ0) is 16.4. The average Bonchev–Trinajstić information content (AvgIpc) is 3.26. The van der Waals surface area contributed by atoms with Crippen LogP contribution >= 0.6 is 0 Å². The second-order valence-corrected chi connectivity index (χ2v) is 6.32. The van der Waals surface area contributed by atoms with E-state index in [1.165, 1.54) is 5.56 Å². The highest BCUT2D eigenvalue weighted by molar-refractivity contribution is 5.91. The SMILES string of the molecule is CCc1cccc2c(CC(=O)NC(CC3CC3)C(=O)O)c[nH]c12. The van der Waals surface area contributed by atoms with Crippen LogP contribution < -0.4 is 5.32 Å². The number of hydrogen-bond donors (Lipinski definition) is 3. The fourth-order valence-electron chi connectivity index (χ4n) is 3.04. The van der Waals surface area contributed by atoms with Crippen molar-refractivity contribution in [3.63, 3.8) is 0 Å². The van der Waals surface area contributed by atoms with Gasteiger partial charge < -0.3 is 15.4 Å². The van der Waals surface area contributed by atoms with Gasteiger partial charge in [0.25, 0.3) is 0 Å². The van der Waals surface area contributed by atoms with E-state index in [1.54, 1.807) is 0 Å². The number of H-pyrrole nitrogens is 1. The van der Waals surface area contributed by atoms with Gasteiger partial charge in [0, 0.05) is 17.1 Å². The van der Waals surface area contributed by atoms with Gasteiger partial charge in [-0.1, -0.05) is 38.0 Å². The Labute approximate surface area is 135 Å². The van der Waals surface area contributed by atoms with E-state index >= 15 is 0 Å². The lowest BCUT2D eigenvalue weighted by Crippen LogP contribution is -2.41. The second-order valence-electron chi connectivity index (χ2n) is 6.32. The van der Waals surface area contributed by atoms with E-state index in [0.29, 0.717) is 12.3 Å². The van der Waals surface area contributed by atoms with Crippen LogP contribution in [0.25, 0.3) is 10.9 Å².